The molecule has 3 aromatic rings. The van der Waals surface area contributed by atoms with Gasteiger partial charge in [-0.05, 0) is 25.3 Å². The van der Waals surface area contributed by atoms with Crippen molar-refractivity contribution in [3.05, 3.63) is 46.6 Å². The highest BCUT2D eigenvalue weighted by Crippen LogP contribution is 2.35. The van der Waals surface area contributed by atoms with Crippen molar-refractivity contribution in [1.82, 2.24) is 14.6 Å². The van der Waals surface area contributed by atoms with Crippen LogP contribution in [0.5, 0.6) is 0 Å². The predicted molar refractivity (Wildman–Crippen MR) is 103 cm³/mol. The highest BCUT2D eigenvalue weighted by Gasteiger charge is 2.32. The van der Waals surface area contributed by atoms with Crippen molar-refractivity contribution in [2.75, 3.05) is 20.5 Å². The van der Waals surface area contributed by atoms with Gasteiger partial charge in [-0.2, -0.15) is 13.2 Å². The van der Waals surface area contributed by atoms with E-state index in [0.29, 0.717) is 16.4 Å². The van der Waals surface area contributed by atoms with E-state index in [4.69, 9.17) is 9.47 Å². The van der Waals surface area contributed by atoms with E-state index in [1.54, 1.807) is 13.2 Å². The standard InChI is InChI=1S/C19H16F3N3O4S/c1-9-12(16(26)28-2)13(17(27)29-3)15-14(23-18(30-4)24-25(9)15)10-5-7-11(8-6-10)19(20,21)22/h5-8H,1-4H3. The molecule has 0 aliphatic rings. The number of ether oxygens (including phenoxy) is 2. The highest BCUT2D eigenvalue weighted by atomic mass is 32.2. The van der Waals surface area contributed by atoms with E-state index in [1.807, 2.05) is 0 Å². The Morgan fingerprint density at radius 2 is 1.60 bits per heavy atom. The Kier molecular flexibility index (Phi) is 5.75. The third kappa shape index (κ3) is 3.60. The topological polar surface area (TPSA) is 82.8 Å². The number of aromatic nitrogens is 3. The maximum absolute atomic E-state index is 12.9. The summed E-state index contributed by atoms with van der Waals surface area (Å²) < 4.78 is 49.8. The van der Waals surface area contributed by atoms with Gasteiger partial charge in [-0.25, -0.2) is 19.1 Å². The molecule has 0 radical (unpaired) electrons. The molecule has 0 saturated heterocycles. The van der Waals surface area contributed by atoms with Gasteiger partial charge in [-0.15, -0.1) is 5.10 Å². The number of alkyl halides is 3. The zero-order chi connectivity index (χ0) is 22.2. The Bertz CT molecular complexity index is 1140. The van der Waals surface area contributed by atoms with Crippen LogP contribution in [0.4, 0.5) is 13.2 Å². The van der Waals surface area contributed by atoms with Gasteiger partial charge in [0.05, 0.1) is 36.7 Å². The molecule has 0 bridgehead atoms. The molecular formula is C19H16F3N3O4S. The number of nitrogens with zero attached hydrogens (tertiary/aromatic N) is 3. The van der Waals surface area contributed by atoms with Gasteiger partial charge in [0.2, 0.25) is 5.16 Å². The molecule has 0 amide bonds. The van der Waals surface area contributed by atoms with E-state index in [1.165, 1.54) is 35.5 Å². The number of thioether (sulfide) groups is 1. The number of carbonyl (C=O) groups excluding carboxylic acids is 2. The smallest absolute Gasteiger partial charge is 0.416 e. The van der Waals surface area contributed by atoms with Crippen LogP contribution in [0.1, 0.15) is 32.0 Å². The third-order valence-corrected chi connectivity index (χ3v) is 4.98. The second-order valence-electron chi connectivity index (χ2n) is 6.10. The number of rotatable bonds is 4. The van der Waals surface area contributed by atoms with Crippen LogP contribution in [-0.2, 0) is 15.7 Å². The fourth-order valence-corrected chi connectivity index (χ4v) is 3.38. The number of fused-ring (bicyclic) bond motifs is 1. The zero-order valence-corrected chi connectivity index (χ0v) is 17.1. The van der Waals surface area contributed by atoms with E-state index < -0.39 is 23.7 Å². The van der Waals surface area contributed by atoms with Gasteiger partial charge in [-0.3, -0.25) is 0 Å². The number of hydrogen-bond donors (Lipinski definition) is 0. The first-order valence-electron chi connectivity index (χ1n) is 8.45. The van der Waals surface area contributed by atoms with Gasteiger partial charge in [0.15, 0.2) is 0 Å². The van der Waals surface area contributed by atoms with Crippen LogP contribution < -0.4 is 0 Å². The first kappa shape index (κ1) is 21.6. The molecule has 7 nitrogen and oxygen atoms in total. The van der Waals surface area contributed by atoms with Gasteiger partial charge in [0, 0.05) is 5.56 Å². The molecule has 0 spiro atoms. The second kappa shape index (κ2) is 7.98. The normalized spacial score (nSPS) is 11.6. The van der Waals surface area contributed by atoms with Crippen LogP contribution in [0.2, 0.25) is 0 Å². The molecule has 0 atom stereocenters. The maximum atomic E-state index is 12.9. The minimum absolute atomic E-state index is 0.0509. The lowest BCUT2D eigenvalue weighted by atomic mass is 10.0. The summed E-state index contributed by atoms with van der Waals surface area (Å²) in [5, 5.41) is 4.62. The second-order valence-corrected chi connectivity index (χ2v) is 6.87. The summed E-state index contributed by atoms with van der Waals surface area (Å²) in [7, 11) is 2.32. The van der Waals surface area contributed by atoms with Crippen LogP contribution in [-0.4, -0.2) is 47.0 Å². The molecule has 0 aliphatic heterocycles. The monoisotopic (exact) mass is 439 g/mol. The van der Waals surface area contributed by atoms with Crippen molar-refractivity contribution in [3.8, 4) is 11.3 Å². The van der Waals surface area contributed by atoms with E-state index in [9.17, 15) is 22.8 Å². The van der Waals surface area contributed by atoms with Gasteiger partial charge >= 0.3 is 18.1 Å². The summed E-state index contributed by atoms with van der Waals surface area (Å²) >= 11 is 1.20. The molecule has 2 heterocycles. The maximum Gasteiger partial charge on any atom is 0.416 e. The van der Waals surface area contributed by atoms with Gasteiger partial charge in [0.25, 0.3) is 0 Å². The van der Waals surface area contributed by atoms with Crippen LogP contribution in [0.15, 0.2) is 29.4 Å². The molecule has 158 valence electrons. The summed E-state index contributed by atoms with van der Waals surface area (Å²) in [5.41, 5.74) is -0.0576. The molecule has 0 saturated carbocycles. The molecule has 30 heavy (non-hydrogen) atoms. The summed E-state index contributed by atoms with van der Waals surface area (Å²) in [5.74, 6) is -1.60. The van der Waals surface area contributed by atoms with Crippen LogP contribution >= 0.6 is 11.8 Å². The summed E-state index contributed by atoms with van der Waals surface area (Å²) in [4.78, 5) is 29.3. The molecule has 0 fully saturated rings. The molecule has 2 aromatic heterocycles. The Hall–Kier alpha value is -3.08. The number of methoxy groups -OCH3 is 2. The van der Waals surface area contributed by atoms with Crippen molar-refractivity contribution in [2.45, 2.75) is 18.3 Å². The summed E-state index contributed by atoms with van der Waals surface area (Å²) in [6.07, 6.45) is -2.77. The quantitative estimate of drug-likeness (QED) is 0.449. The van der Waals surface area contributed by atoms with Crippen molar-refractivity contribution < 1.29 is 32.2 Å². The van der Waals surface area contributed by atoms with Crippen molar-refractivity contribution in [2.24, 2.45) is 0 Å². The average Bonchev–Trinajstić information content (AvgIpc) is 3.03. The number of esters is 2. The fourth-order valence-electron chi connectivity index (χ4n) is 3.04. The molecular weight excluding hydrogens is 423 g/mol. The van der Waals surface area contributed by atoms with E-state index >= 15 is 0 Å². The lowest BCUT2D eigenvalue weighted by Crippen LogP contribution is -2.11. The number of aryl methyl sites for hydroxylation is 1. The first-order chi connectivity index (χ1) is 14.1. The zero-order valence-electron chi connectivity index (χ0n) is 16.3. The fraction of sp³-hybridized carbons (Fsp3) is 0.263. The Morgan fingerprint density at radius 3 is 2.10 bits per heavy atom. The van der Waals surface area contributed by atoms with Gasteiger partial charge in [0.1, 0.15) is 11.1 Å². The van der Waals surface area contributed by atoms with Gasteiger partial charge in [-0.1, -0.05) is 23.9 Å². The van der Waals surface area contributed by atoms with Crippen LogP contribution in [0.25, 0.3) is 16.8 Å². The molecule has 0 aliphatic carbocycles. The van der Waals surface area contributed by atoms with Crippen molar-refractivity contribution in [1.29, 1.82) is 0 Å². The molecule has 0 N–H and O–H groups in total. The molecule has 0 unspecified atom stereocenters. The SMILES string of the molecule is COC(=O)c1c(C(=O)OC)c2c(-c3ccc(C(F)(F)F)cc3)nc(SC)nn2c1C. The molecule has 11 heteroatoms. The highest BCUT2D eigenvalue weighted by molar-refractivity contribution is 7.98. The first-order valence-corrected chi connectivity index (χ1v) is 9.68. The third-order valence-electron chi connectivity index (χ3n) is 4.44. The van der Waals surface area contributed by atoms with E-state index in [0.717, 1.165) is 19.2 Å². The van der Waals surface area contributed by atoms with E-state index in [2.05, 4.69) is 10.1 Å². The lowest BCUT2D eigenvalue weighted by molar-refractivity contribution is -0.137. The average molecular weight is 439 g/mol. The molecule has 3 rings (SSSR count). The van der Waals surface area contributed by atoms with Crippen molar-refractivity contribution in [3.63, 3.8) is 0 Å². The Balaban J connectivity index is 2.41. The Labute approximate surface area is 173 Å². The number of hydrogen-bond acceptors (Lipinski definition) is 7. The van der Waals surface area contributed by atoms with Crippen LogP contribution in [0, 0.1) is 6.92 Å². The predicted octanol–water partition coefficient (Wildman–Crippen LogP) is 4.02. The van der Waals surface area contributed by atoms with E-state index in [-0.39, 0.29) is 22.3 Å². The number of carbonyl (C=O) groups is 2. The van der Waals surface area contributed by atoms with Crippen molar-refractivity contribution >= 4 is 29.2 Å². The largest absolute Gasteiger partial charge is 0.465 e. The Morgan fingerprint density at radius 1 is 1.03 bits per heavy atom. The minimum Gasteiger partial charge on any atom is -0.465 e. The minimum atomic E-state index is -4.50. The summed E-state index contributed by atoms with van der Waals surface area (Å²) in [6, 6.07) is 4.33. The van der Waals surface area contributed by atoms with Gasteiger partial charge < -0.3 is 9.47 Å². The molecule has 1 aromatic carbocycles. The summed E-state index contributed by atoms with van der Waals surface area (Å²) in [6.45, 7) is 1.57. The van der Waals surface area contributed by atoms with Crippen LogP contribution in [0.3, 0.4) is 0 Å². The lowest BCUT2D eigenvalue weighted by Gasteiger charge is -2.10. The number of benzene rings is 1. The number of halogens is 3.